The molecule has 0 saturated carbocycles. The summed E-state index contributed by atoms with van der Waals surface area (Å²) in [6, 6.07) is 1.09. The van der Waals surface area contributed by atoms with Crippen molar-refractivity contribution >= 4 is 0 Å². The van der Waals surface area contributed by atoms with Crippen LogP contribution in [-0.2, 0) is 6.42 Å². The van der Waals surface area contributed by atoms with Crippen molar-refractivity contribution in [3.63, 3.8) is 0 Å². The number of hydrogen-bond acceptors (Lipinski definition) is 2. The zero-order valence-corrected chi connectivity index (χ0v) is 7.34. The van der Waals surface area contributed by atoms with Gasteiger partial charge in [-0.1, -0.05) is 0 Å². The van der Waals surface area contributed by atoms with Gasteiger partial charge >= 0.3 is 6.18 Å². The molecule has 2 nitrogen and oxygen atoms in total. The summed E-state index contributed by atoms with van der Waals surface area (Å²) < 4.78 is 42.2. The van der Waals surface area contributed by atoms with Crippen LogP contribution in [0.2, 0.25) is 0 Å². The molecule has 2 unspecified atom stereocenters. The van der Waals surface area contributed by atoms with E-state index in [1.54, 1.807) is 6.07 Å². The third kappa shape index (κ3) is 1.52. The Kier molecular flexibility index (Phi) is 2.06. The highest BCUT2D eigenvalue weighted by molar-refractivity contribution is 5.24. The summed E-state index contributed by atoms with van der Waals surface area (Å²) in [5.74, 6) is -0.984. The Morgan fingerprint density at radius 1 is 1.43 bits per heavy atom. The minimum absolute atomic E-state index is 0.0456. The van der Waals surface area contributed by atoms with Crippen LogP contribution < -0.4 is 5.73 Å². The number of nitrogens with two attached hydrogens (primary N) is 1. The van der Waals surface area contributed by atoms with Crippen molar-refractivity contribution in [3.05, 3.63) is 23.7 Å². The average Bonchev–Trinajstić information content (AvgIpc) is 2.50. The van der Waals surface area contributed by atoms with E-state index in [1.807, 2.05) is 0 Å². The molecule has 0 bridgehead atoms. The number of halogens is 3. The fraction of sp³-hybridized carbons (Fsp3) is 0.556. The molecule has 5 heteroatoms. The molecule has 2 atom stereocenters. The maximum absolute atomic E-state index is 12.4. The van der Waals surface area contributed by atoms with Crippen LogP contribution in [-0.4, -0.2) is 6.18 Å². The summed E-state index contributed by atoms with van der Waals surface area (Å²) in [4.78, 5) is 0. The number of furan rings is 1. The first-order valence-corrected chi connectivity index (χ1v) is 4.37. The normalized spacial score (nSPS) is 27.4. The van der Waals surface area contributed by atoms with Crippen molar-refractivity contribution in [3.8, 4) is 0 Å². The molecule has 2 rings (SSSR count). The summed E-state index contributed by atoms with van der Waals surface area (Å²) in [6.07, 6.45) is -2.92. The van der Waals surface area contributed by atoms with Crippen LogP contribution >= 0.6 is 0 Å². The number of alkyl halides is 3. The monoisotopic (exact) mass is 205 g/mol. The molecule has 0 aromatic carbocycles. The average molecular weight is 205 g/mol. The second kappa shape index (κ2) is 3.02. The van der Waals surface area contributed by atoms with E-state index in [-0.39, 0.29) is 12.8 Å². The number of rotatable bonds is 0. The first-order chi connectivity index (χ1) is 6.48. The van der Waals surface area contributed by atoms with Gasteiger partial charge in [0.05, 0.1) is 12.2 Å². The van der Waals surface area contributed by atoms with E-state index in [4.69, 9.17) is 10.2 Å². The van der Waals surface area contributed by atoms with Crippen LogP contribution in [0.4, 0.5) is 13.2 Å². The first-order valence-electron chi connectivity index (χ1n) is 4.37. The van der Waals surface area contributed by atoms with E-state index in [0.29, 0.717) is 11.3 Å². The van der Waals surface area contributed by atoms with Gasteiger partial charge in [0.2, 0.25) is 0 Å². The van der Waals surface area contributed by atoms with E-state index in [0.717, 1.165) is 0 Å². The molecule has 0 radical (unpaired) electrons. The van der Waals surface area contributed by atoms with Gasteiger partial charge in [-0.2, -0.15) is 13.2 Å². The lowest BCUT2D eigenvalue weighted by molar-refractivity contribution is -0.179. The van der Waals surface area contributed by atoms with Crippen LogP contribution in [0.25, 0.3) is 0 Å². The quantitative estimate of drug-likeness (QED) is 0.706. The van der Waals surface area contributed by atoms with E-state index >= 15 is 0 Å². The molecule has 1 aliphatic carbocycles. The fourth-order valence-corrected chi connectivity index (χ4v) is 1.84. The van der Waals surface area contributed by atoms with Gasteiger partial charge in [-0.25, -0.2) is 0 Å². The Hall–Kier alpha value is -0.970. The SMILES string of the molecule is NC1CC(C(F)(F)F)Cc2occc21. The van der Waals surface area contributed by atoms with Crippen LogP contribution in [0, 0.1) is 5.92 Å². The van der Waals surface area contributed by atoms with Gasteiger partial charge in [-0.15, -0.1) is 0 Å². The Bertz CT molecular complexity index is 331. The predicted molar refractivity (Wildman–Crippen MR) is 43.5 cm³/mol. The molecule has 1 aliphatic rings. The molecule has 0 spiro atoms. The number of hydrogen-bond donors (Lipinski definition) is 1. The molecular weight excluding hydrogens is 195 g/mol. The molecular formula is C9H10F3NO. The molecule has 1 aromatic heterocycles. The molecule has 0 saturated heterocycles. The molecule has 14 heavy (non-hydrogen) atoms. The van der Waals surface area contributed by atoms with Gasteiger partial charge in [-0.3, -0.25) is 0 Å². The Morgan fingerprint density at radius 3 is 2.79 bits per heavy atom. The maximum atomic E-state index is 12.4. The van der Waals surface area contributed by atoms with E-state index in [2.05, 4.69) is 0 Å². The largest absolute Gasteiger partial charge is 0.469 e. The van der Waals surface area contributed by atoms with Crippen molar-refractivity contribution in [2.24, 2.45) is 11.7 Å². The molecule has 2 N–H and O–H groups in total. The second-order valence-corrected chi connectivity index (χ2v) is 3.58. The summed E-state index contributed by atoms with van der Waals surface area (Å²) in [5.41, 5.74) is 6.33. The van der Waals surface area contributed by atoms with Gasteiger partial charge in [0.1, 0.15) is 5.76 Å². The van der Waals surface area contributed by atoms with E-state index in [1.165, 1.54) is 6.26 Å². The van der Waals surface area contributed by atoms with Crippen LogP contribution in [0.1, 0.15) is 23.8 Å². The second-order valence-electron chi connectivity index (χ2n) is 3.58. The van der Waals surface area contributed by atoms with Crippen LogP contribution in [0.15, 0.2) is 16.7 Å². The highest BCUT2D eigenvalue weighted by Gasteiger charge is 2.44. The fourth-order valence-electron chi connectivity index (χ4n) is 1.84. The Balaban J connectivity index is 2.26. The van der Waals surface area contributed by atoms with Crippen molar-refractivity contribution in [1.82, 2.24) is 0 Å². The number of fused-ring (bicyclic) bond motifs is 1. The zero-order valence-electron chi connectivity index (χ0n) is 7.34. The predicted octanol–water partition coefficient (Wildman–Crippen LogP) is 2.40. The zero-order chi connectivity index (χ0) is 10.3. The highest BCUT2D eigenvalue weighted by Crippen LogP contribution is 2.40. The molecule has 78 valence electrons. The van der Waals surface area contributed by atoms with Gasteiger partial charge < -0.3 is 10.2 Å². The lowest BCUT2D eigenvalue weighted by Gasteiger charge is -2.27. The van der Waals surface area contributed by atoms with Crippen LogP contribution in [0.3, 0.4) is 0 Å². The lowest BCUT2D eigenvalue weighted by Crippen LogP contribution is -2.32. The maximum Gasteiger partial charge on any atom is 0.392 e. The summed E-state index contributed by atoms with van der Waals surface area (Å²) in [7, 11) is 0. The summed E-state index contributed by atoms with van der Waals surface area (Å²) >= 11 is 0. The van der Waals surface area contributed by atoms with Gasteiger partial charge in [-0.05, 0) is 12.5 Å². The first kappa shape index (κ1) is 9.58. The Morgan fingerprint density at radius 2 is 2.14 bits per heavy atom. The van der Waals surface area contributed by atoms with Crippen molar-refractivity contribution in [1.29, 1.82) is 0 Å². The van der Waals surface area contributed by atoms with Crippen molar-refractivity contribution in [2.75, 3.05) is 0 Å². The molecule has 0 amide bonds. The Labute approximate surface area is 78.9 Å². The third-order valence-corrected chi connectivity index (χ3v) is 2.61. The van der Waals surface area contributed by atoms with E-state index in [9.17, 15) is 13.2 Å². The van der Waals surface area contributed by atoms with Crippen molar-refractivity contribution < 1.29 is 17.6 Å². The smallest absolute Gasteiger partial charge is 0.392 e. The molecule has 0 aliphatic heterocycles. The van der Waals surface area contributed by atoms with Crippen molar-refractivity contribution in [2.45, 2.75) is 25.1 Å². The summed E-state index contributed by atoms with van der Waals surface area (Å²) in [6.45, 7) is 0. The van der Waals surface area contributed by atoms with Crippen LogP contribution in [0.5, 0.6) is 0 Å². The standard InChI is InChI=1S/C9H10F3NO/c10-9(11,12)5-3-7(13)6-1-2-14-8(6)4-5/h1-2,5,7H,3-4,13H2. The highest BCUT2D eigenvalue weighted by atomic mass is 19.4. The van der Waals surface area contributed by atoms with Gasteiger partial charge in [0.15, 0.2) is 0 Å². The summed E-state index contributed by atoms with van der Waals surface area (Å²) in [5, 5.41) is 0. The lowest BCUT2D eigenvalue weighted by atomic mass is 9.85. The third-order valence-electron chi connectivity index (χ3n) is 2.61. The molecule has 1 heterocycles. The topological polar surface area (TPSA) is 39.2 Å². The van der Waals surface area contributed by atoms with E-state index < -0.39 is 18.1 Å². The van der Waals surface area contributed by atoms with Gasteiger partial charge in [0, 0.05) is 18.0 Å². The van der Waals surface area contributed by atoms with Gasteiger partial charge in [0.25, 0.3) is 0 Å². The minimum atomic E-state index is -4.18. The minimum Gasteiger partial charge on any atom is -0.469 e. The molecule has 1 aromatic rings. The molecule has 0 fully saturated rings.